The molecule has 0 bridgehead atoms. The number of carbonyl (C=O) groups is 3. The van der Waals surface area contributed by atoms with Crippen molar-refractivity contribution in [3.8, 4) is 0 Å². The van der Waals surface area contributed by atoms with Gasteiger partial charge in [0.1, 0.15) is 6.04 Å². The second-order valence-electron chi connectivity index (χ2n) is 20.8. The summed E-state index contributed by atoms with van der Waals surface area (Å²) < 4.78 is 52.1. The van der Waals surface area contributed by atoms with Gasteiger partial charge in [-0.3, -0.25) is 19.4 Å². The highest BCUT2D eigenvalue weighted by Crippen LogP contribution is 2.29. The Bertz CT molecular complexity index is 1660. The van der Waals surface area contributed by atoms with Crippen molar-refractivity contribution in [2.45, 2.75) is 237 Å². The van der Waals surface area contributed by atoms with Crippen molar-refractivity contribution >= 4 is 27.4 Å². The molecule has 394 valence electrons. The van der Waals surface area contributed by atoms with Gasteiger partial charge in [0, 0.05) is 24.3 Å². The van der Waals surface area contributed by atoms with E-state index in [2.05, 4.69) is 15.6 Å². The van der Waals surface area contributed by atoms with Crippen LogP contribution in [0.2, 0.25) is 0 Å². The molecule has 7 atom stereocenters. The lowest BCUT2D eigenvalue weighted by Gasteiger charge is -2.28. The third-order valence-corrected chi connectivity index (χ3v) is 16.4. The lowest BCUT2D eigenvalue weighted by atomic mass is 9.83. The van der Waals surface area contributed by atoms with E-state index in [-0.39, 0.29) is 54.5 Å². The molecule has 1 heterocycles. The van der Waals surface area contributed by atoms with Gasteiger partial charge < -0.3 is 43.4 Å². The number of pyridine rings is 1. The number of aromatic nitrogens is 1. The average Bonchev–Trinajstić information content (AvgIpc) is 3.32. The van der Waals surface area contributed by atoms with Crippen LogP contribution >= 0.6 is 0 Å². The number of sulfone groups is 1. The van der Waals surface area contributed by atoms with Crippen molar-refractivity contribution in [2.75, 3.05) is 12.3 Å². The monoisotopic (exact) mass is 986 g/mol. The van der Waals surface area contributed by atoms with E-state index in [0.29, 0.717) is 24.1 Å². The number of aliphatic hydroxyl groups is 2. The van der Waals surface area contributed by atoms with Gasteiger partial charge in [-0.05, 0) is 101 Å². The van der Waals surface area contributed by atoms with Crippen LogP contribution in [0.4, 0.5) is 8.78 Å². The van der Waals surface area contributed by atoms with Crippen LogP contribution in [-0.4, -0.2) is 107 Å². The number of aliphatic hydroxyl groups excluding tert-OH is 2. The van der Waals surface area contributed by atoms with Gasteiger partial charge in [-0.15, -0.1) is 0 Å². The third kappa shape index (κ3) is 23.5. The number of amides is 2. The molecule has 3 aliphatic rings. The van der Waals surface area contributed by atoms with E-state index >= 15 is 0 Å². The van der Waals surface area contributed by atoms with Gasteiger partial charge in [0.15, 0.2) is 9.84 Å². The molecule has 68 heavy (non-hydrogen) atoms. The number of hydrogen-bond donors (Lipinski definition) is 8. The van der Waals surface area contributed by atoms with Crippen molar-refractivity contribution in [1.82, 2.24) is 20.9 Å². The number of alkyl halides is 2. The van der Waals surface area contributed by atoms with Gasteiger partial charge in [-0.2, -0.15) is 8.78 Å². The highest BCUT2D eigenvalue weighted by molar-refractivity contribution is 7.91. The minimum absolute atomic E-state index is 0.0220. The minimum Gasteiger partial charge on any atom is -0.391 e. The Hall–Kier alpha value is -2.67. The van der Waals surface area contributed by atoms with Crippen LogP contribution in [0.5, 0.6) is 0 Å². The first-order valence-corrected chi connectivity index (χ1v) is 27.8. The second kappa shape index (κ2) is 32.3. The lowest BCUT2D eigenvalue weighted by molar-refractivity contribution is -0.160. The number of halogens is 2. The Morgan fingerprint density at radius 3 is 1.78 bits per heavy atom. The fraction of sp³-hybridized carbons (Fsp3) is 0.843. The predicted molar refractivity (Wildman–Crippen MR) is 268 cm³/mol. The molecule has 1 aromatic heterocycles. The zero-order valence-corrected chi connectivity index (χ0v) is 43.3. The molecule has 4 rings (SSSR count). The first-order valence-electron chi connectivity index (χ1n) is 26.1. The molecule has 4 unspecified atom stereocenters. The smallest absolute Gasteiger partial charge is 0.383 e. The summed E-state index contributed by atoms with van der Waals surface area (Å²) in [5.41, 5.74) is 18.3. The quantitative estimate of drug-likeness (QED) is 0.0482. The minimum atomic E-state index is -4.32. The topological polar surface area (TPSA) is 253 Å². The maximum atomic E-state index is 14.4. The number of nitrogens with two attached hydrogens (primary N) is 3. The van der Waals surface area contributed by atoms with Crippen molar-refractivity contribution in [3.05, 3.63) is 30.1 Å². The molecule has 0 saturated heterocycles. The van der Waals surface area contributed by atoms with Crippen molar-refractivity contribution in [2.24, 2.45) is 40.9 Å². The summed E-state index contributed by atoms with van der Waals surface area (Å²) in [5, 5.41) is 28.0. The molecule has 2 amide bonds. The van der Waals surface area contributed by atoms with Crippen LogP contribution in [0.1, 0.15) is 182 Å². The van der Waals surface area contributed by atoms with Gasteiger partial charge in [0.2, 0.25) is 11.7 Å². The summed E-state index contributed by atoms with van der Waals surface area (Å²) in [6.07, 6.45) is 23.6. The SMILES string of the molecule is CC(C)S(=O)(=O)CC[C@H](O)C(N)CC1CCCCC1.CCC(C)[C@H](NC(=O)C(F)(F)C(=O)C(N)CC(C)C)C(=O)NCc1ccccn1.NC(CC1CCCCC1)[C@@H](O)CCNC1CCCCC1. The molecule has 17 heteroatoms. The first kappa shape index (κ1) is 61.4. The fourth-order valence-electron chi connectivity index (χ4n) is 9.30. The molecule has 1 aromatic rings. The molecule has 0 aromatic carbocycles. The largest absolute Gasteiger partial charge is 0.391 e. The molecule has 0 spiro atoms. The molecule has 3 aliphatic carbocycles. The van der Waals surface area contributed by atoms with E-state index in [4.69, 9.17) is 17.2 Å². The number of nitrogens with one attached hydrogen (secondary N) is 3. The zero-order chi connectivity index (χ0) is 50.9. The number of carbonyl (C=O) groups excluding carboxylic acids is 3. The second-order valence-corrected chi connectivity index (χ2v) is 23.5. The van der Waals surface area contributed by atoms with Crippen molar-refractivity contribution in [1.29, 1.82) is 0 Å². The number of rotatable bonds is 25. The Morgan fingerprint density at radius 2 is 1.31 bits per heavy atom. The summed E-state index contributed by atoms with van der Waals surface area (Å²) in [7, 11) is -3.08. The molecule has 3 fully saturated rings. The fourth-order valence-corrected chi connectivity index (χ4v) is 10.3. The molecule has 11 N–H and O–H groups in total. The zero-order valence-electron chi connectivity index (χ0n) is 42.5. The number of ketones is 1. The summed E-state index contributed by atoms with van der Waals surface area (Å²) in [6.45, 7) is 11.2. The Balaban J connectivity index is 0.000000361. The maximum absolute atomic E-state index is 14.4. The summed E-state index contributed by atoms with van der Waals surface area (Å²) in [5.74, 6) is -7.53. The maximum Gasteiger partial charge on any atom is 0.383 e. The summed E-state index contributed by atoms with van der Waals surface area (Å²) in [6, 6.07) is 2.85. The van der Waals surface area contributed by atoms with E-state index in [9.17, 15) is 41.8 Å². The van der Waals surface area contributed by atoms with E-state index < -0.39 is 57.5 Å². The van der Waals surface area contributed by atoms with Crippen LogP contribution < -0.4 is 33.2 Å². The Labute approximate surface area is 408 Å². The van der Waals surface area contributed by atoms with Crippen LogP contribution in [-0.2, 0) is 30.8 Å². The lowest BCUT2D eigenvalue weighted by Crippen LogP contribution is -2.58. The van der Waals surface area contributed by atoms with Gasteiger partial charge in [0.25, 0.3) is 5.91 Å². The van der Waals surface area contributed by atoms with Gasteiger partial charge >= 0.3 is 5.92 Å². The number of Topliss-reactive ketones (excluding diaryl/α,β-unsaturated/α-hetero) is 1. The van der Waals surface area contributed by atoms with E-state index in [1.54, 1.807) is 65.9 Å². The highest BCUT2D eigenvalue weighted by Gasteiger charge is 2.50. The van der Waals surface area contributed by atoms with Gasteiger partial charge in [-0.1, -0.05) is 124 Å². The van der Waals surface area contributed by atoms with Crippen molar-refractivity contribution in [3.63, 3.8) is 0 Å². The molecule has 0 aliphatic heterocycles. The molecule has 14 nitrogen and oxygen atoms in total. The van der Waals surface area contributed by atoms with Crippen LogP contribution in [0.15, 0.2) is 24.4 Å². The van der Waals surface area contributed by atoms with Crippen molar-refractivity contribution < 1.29 is 41.8 Å². The molecular weight excluding hydrogens is 893 g/mol. The normalized spacial score (nSPS) is 19.8. The Kier molecular flexibility index (Phi) is 29.2. The number of hydrogen-bond acceptors (Lipinski definition) is 12. The van der Waals surface area contributed by atoms with E-state index in [0.717, 1.165) is 31.7 Å². The highest BCUT2D eigenvalue weighted by atomic mass is 32.2. The van der Waals surface area contributed by atoms with Gasteiger partial charge in [0.05, 0.1) is 41.5 Å². The summed E-state index contributed by atoms with van der Waals surface area (Å²) >= 11 is 0. The molecule has 0 radical (unpaired) electrons. The average molecular weight is 986 g/mol. The molecular formula is C51H93F2N7O7S. The molecule has 3 saturated carbocycles. The van der Waals surface area contributed by atoms with Crippen LogP contribution in [0.3, 0.4) is 0 Å². The summed E-state index contributed by atoms with van der Waals surface area (Å²) in [4.78, 5) is 40.8. The standard InChI is InChI=1S/C20H30F2N4O3.C17H34N2O.C14H29NO3S/c1-5-13(4)16(18(28)25-11-14-8-6-7-9-24-14)26-19(29)20(21,22)17(27)15(23)10-12(2)3;18-16(13-14-7-3-1-4-8-14)17(20)11-12-19-15-9-5-2-6-10-15;1-11(2)19(17,18)9-8-14(16)13(15)10-12-6-4-3-5-7-12/h6-9,12-13,15-16H,5,10-11,23H2,1-4H3,(H,25,28)(H,26,29);14-17,19-20H,1-13,18H2;11-14,16H,3-10,15H2,1-2H3/t13?,15?,16-;16?,17-;13?,14-/m000/s1. The van der Waals surface area contributed by atoms with Gasteiger partial charge in [-0.25, -0.2) is 8.42 Å². The van der Waals surface area contributed by atoms with Crippen LogP contribution in [0, 0.1) is 23.7 Å². The predicted octanol–water partition coefficient (Wildman–Crippen LogP) is 6.62. The Morgan fingerprint density at radius 1 is 0.794 bits per heavy atom. The van der Waals surface area contributed by atoms with Crippen LogP contribution in [0.25, 0.3) is 0 Å². The van der Waals surface area contributed by atoms with E-state index in [1.165, 1.54) is 96.3 Å². The third-order valence-electron chi connectivity index (χ3n) is 14.2. The van der Waals surface area contributed by atoms with E-state index in [1.807, 2.05) is 5.32 Å². The first-order chi connectivity index (χ1) is 32.1. The number of nitrogens with zero attached hydrogens (tertiary/aromatic N) is 1.